The number of unbranched alkanes of at least 4 members (excludes halogenated alkanes) is 1. The number of nitrogens with one attached hydrogen (secondary N) is 5. The largest absolute Gasteiger partial charge is 0.479 e. The van der Waals surface area contributed by atoms with Gasteiger partial charge in [-0.1, -0.05) is 60.7 Å². The van der Waals surface area contributed by atoms with Gasteiger partial charge in [0.2, 0.25) is 35.8 Å². The number of pyridine rings is 2. The average Bonchev–Trinajstić information content (AvgIpc) is 1.58. The lowest BCUT2D eigenvalue weighted by Crippen LogP contribution is -2.61. The number of esters is 1. The van der Waals surface area contributed by atoms with E-state index in [1.165, 1.54) is 34.9 Å². The molecule has 7 aromatic rings. The van der Waals surface area contributed by atoms with Crippen molar-refractivity contribution in [2.24, 2.45) is 7.05 Å². The van der Waals surface area contributed by atoms with Crippen LogP contribution in [0, 0.1) is 12.7 Å². The number of ether oxygens (including phenoxy) is 6. The van der Waals surface area contributed by atoms with Gasteiger partial charge >= 0.3 is 18.0 Å². The number of para-hydroxylation sites is 1. The van der Waals surface area contributed by atoms with E-state index in [2.05, 4.69) is 36.9 Å². The summed E-state index contributed by atoms with van der Waals surface area (Å²) in [5.74, 6) is -5.79. The Labute approximate surface area is 637 Å². The number of amides is 6. The van der Waals surface area contributed by atoms with Crippen LogP contribution in [0.1, 0.15) is 155 Å². The third kappa shape index (κ3) is 17.0. The molecule has 0 radical (unpaired) electrons. The van der Waals surface area contributed by atoms with Crippen LogP contribution >= 0.6 is 0 Å². The predicted octanol–water partition coefficient (Wildman–Crippen LogP) is 5.40. The first-order chi connectivity index (χ1) is 52.9. The van der Waals surface area contributed by atoms with E-state index in [0.717, 1.165) is 22.4 Å². The average molecular weight is 1530 g/mol. The molecule has 10 N–H and O–H groups in total. The van der Waals surface area contributed by atoms with Gasteiger partial charge in [-0.25, -0.2) is 28.4 Å². The molecule has 8 unspecified atom stereocenters. The van der Waals surface area contributed by atoms with Crippen LogP contribution in [0.15, 0.2) is 83.7 Å². The molecule has 7 heterocycles. The molecular formula is C79H92FN11O20. The number of rotatable bonds is 29. The standard InChI is InChI=1S/C79H92FN11O20/c1-9-79(105)50-33-56-64-48(38-91(56)72(100)49(50)40-107-75(79)103)63-52(24-23-45-41(2)51(80)34-53(85-64)62(45)63)86-76(104)108-39-42-22-25-57(110-74-69(98)67(96)68(97)70(111-74)73(101)102)44(32-42)35-82-59(93)27-30-81-71(99)54(36-83-58(92)26-28-78(5,6)109-31-29-77(3,4)106-8)84-60(94)20-14-15-21-61(95)90-37-43-16-10-11-17-46(43)65-66(89(7)88-87-65)47-18-12-13-19-55(47)90/h10-13,16-19,22,25,32-34,52,54,67-70,74,96-98,105H,9,14-15,20-21,23-24,26-31,35-40H2,1-8H3,(H,81,99)(H,82,93)(H,83,92)(H,84,94)(H,86,104)(H,101,102). The predicted molar refractivity (Wildman–Crippen MR) is 396 cm³/mol. The summed E-state index contributed by atoms with van der Waals surface area (Å²) in [5.41, 5.74) is 4.39. The Bertz CT molecular complexity index is 4870. The Morgan fingerprint density at radius 1 is 0.811 bits per heavy atom. The maximum Gasteiger partial charge on any atom is 0.407 e. The molecule has 111 heavy (non-hydrogen) atoms. The maximum atomic E-state index is 15.7. The number of nitrogens with zero attached hydrogens (tertiary/aromatic N) is 6. The van der Waals surface area contributed by atoms with Crippen LogP contribution in [-0.4, -0.2) is 172 Å². The lowest BCUT2D eigenvalue weighted by molar-refractivity contribution is -0.271. The minimum atomic E-state index is -2.12. The van der Waals surface area contributed by atoms with E-state index >= 15 is 4.39 Å². The Balaban J connectivity index is 0.708. The van der Waals surface area contributed by atoms with E-state index in [1.54, 1.807) is 37.6 Å². The van der Waals surface area contributed by atoms with Gasteiger partial charge in [0, 0.05) is 98.7 Å². The maximum absolute atomic E-state index is 15.7. The molecule has 5 aliphatic rings. The van der Waals surface area contributed by atoms with E-state index in [1.807, 2.05) is 76.2 Å². The molecule has 0 bridgehead atoms. The number of hydrogen-bond donors (Lipinski definition) is 10. The van der Waals surface area contributed by atoms with Gasteiger partial charge in [-0.05, 0) is 132 Å². The van der Waals surface area contributed by atoms with Gasteiger partial charge in [-0.15, -0.1) is 5.10 Å². The number of carbonyl (C=O) groups excluding carboxylic acids is 7. The van der Waals surface area contributed by atoms with E-state index in [9.17, 15) is 68.7 Å². The third-order valence-corrected chi connectivity index (χ3v) is 21.4. The number of carboxylic acids is 1. The van der Waals surface area contributed by atoms with E-state index in [-0.39, 0.29) is 130 Å². The Morgan fingerprint density at radius 2 is 1.55 bits per heavy atom. The van der Waals surface area contributed by atoms with Gasteiger partial charge < -0.3 is 90.0 Å². The first-order valence-corrected chi connectivity index (χ1v) is 37.0. The van der Waals surface area contributed by atoms with E-state index in [4.69, 9.17) is 33.4 Å². The third-order valence-electron chi connectivity index (χ3n) is 21.4. The molecule has 0 saturated carbocycles. The second kappa shape index (κ2) is 33.1. The summed E-state index contributed by atoms with van der Waals surface area (Å²) in [4.78, 5) is 129. The van der Waals surface area contributed by atoms with Crippen molar-refractivity contribution >= 4 is 64.2 Å². The smallest absolute Gasteiger partial charge is 0.407 e. The zero-order valence-corrected chi connectivity index (χ0v) is 62.9. The molecule has 12 rings (SSSR count). The number of aromatic nitrogens is 5. The van der Waals surface area contributed by atoms with Crippen molar-refractivity contribution < 1.29 is 96.7 Å². The highest BCUT2D eigenvalue weighted by Crippen LogP contribution is 2.47. The first-order valence-electron chi connectivity index (χ1n) is 37.0. The Morgan fingerprint density at radius 3 is 2.31 bits per heavy atom. The SMILES string of the molecule is CCC1(O)C(=O)OCc2c1cc1n(c2=O)Cc2c-1nc1cc(F)c(C)c3c1c2C(NC(=O)OCc1ccc(OC2OC(C(=O)O)C(O)C(O)C2O)c(CNC(=O)CCNC(=O)C(CNC(=O)CCC(C)(C)OCCC(C)(C)OC)NC(=O)CCCCC(=O)N2Cc4ccccc4-c4nnn(C)c4-c4ccccc42)c1)CC3. The zero-order valence-electron chi connectivity index (χ0n) is 62.9. The van der Waals surface area contributed by atoms with Gasteiger partial charge in [-0.3, -0.25) is 28.8 Å². The van der Waals surface area contributed by atoms with Crippen molar-refractivity contribution in [3.05, 3.63) is 145 Å². The lowest BCUT2D eigenvalue weighted by Gasteiger charge is -2.38. The van der Waals surface area contributed by atoms with E-state index < -0.39 is 119 Å². The zero-order chi connectivity index (χ0) is 79.5. The quantitative estimate of drug-likeness (QED) is 0.0207. The summed E-state index contributed by atoms with van der Waals surface area (Å²) >= 11 is 0. The molecule has 1 fully saturated rings. The van der Waals surface area contributed by atoms with Crippen LogP contribution in [0.4, 0.5) is 14.9 Å². The molecule has 4 aromatic carbocycles. The topological polar surface area (TPSA) is 422 Å². The molecule has 590 valence electrons. The molecule has 32 heteroatoms. The summed E-state index contributed by atoms with van der Waals surface area (Å²) in [6.07, 6.45) is -9.38. The number of cyclic esters (lactones) is 1. The molecule has 0 spiro atoms. The molecule has 4 aliphatic heterocycles. The van der Waals surface area contributed by atoms with Crippen molar-refractivity contribution in [3.63, 3.8) is 0 Å². The number of aliphatic hydroxyl groups excluding tert-OH is 3. The van der Waals surface area contributed by atoms with Crippen LogP contribution in [0.25, 0.3) is 44.8 Å². The fourth-order valence-electron chi connectivity index (χ4n) is 14.7. The molecule has 1 saturated heterocycles. The van der Waals surface area contributed by atoms with Crippen molar-refractivity contribution in [1.82, 2.24) is 51.1 Å². The summed E-state index contributed by atoms with van der Waals surface area (Å²) in [5, 5.41) is 76.6. The minimum Gasteiger partial charge on any atom is -0.479 e. The summed E-state index contributed by atoms with van der Waals surface area (Å²) in [6.45, 7) is 9.59. The molecular weight excluding hydrogens is 1440 g/mol. The van der Waals surface area contributed by atoms with Crippen LogP contribution in [0.3, 0.4) is 0 Å². The van der Waals surface area contributed by atoms with Gasteiger partial charge in [0.15, 0.2) is 11.7 Å². The van der Waals surface area contributed by atoms with Crippen molar-refractivity contribution in [1.29, 1.82) is 0 Å². The second-order valence-electron chi connectivity index (χ2n) is 29.8. The van der Waals surface area contributed by atoms with Crippen LogP contribution in [-0.2, 0) is 109 Å². The normalized spacial score (nSPS) is 19.8. The van der Waals surface area contributed by atoms with Crippen LogP contribution < -0.4 is 41.8 Å². The fourth-order valence-corrected chi connectivity index (χ4v) is 14.7. The molecule has 6 amide bonds. The van der Waals surface area contributed by atoms with Crippen LogP contribution in [0.5, 0.6) is 5.75 Å². The van der Waals surface area contributed by atoms with Gasteiger partial charge in [-0.2, -0.15) is 0 Å². The monoisotopic (exact) mass is 1530 g/mol. The number of halogens is 1. The first kappa shape index (κ1) is 79.9. The highest BCUT2D eigenvalue weighted by atomic mass is 19.1. The minimum absolute atomic E-state index is 0.00402. The number of hydrogen-bond acceptors (Lipinski definition) is 22. The van der Waals surface area contributed by atoms with Crippen molar-refractivity contribution in [2.45, 2.75) is 205 Å². The molecule has 8 atom stereocenters. The Kier molecular flexibility index (Phi) is 23.9. The number of aliphatic hydroxyl groups is 4. The molecule has 3 aromatic heterocycles. The van der Waals surface area contributed by atoms with Crippen LogP contribution in [0.2, 0.25) is 0 Å². The van der Waals surface area contributed by atoms with E-state index in [0.29, 0.717) is 76.9 Å². The molecule has 1 aliphatic carbocycles. The van der Waals surface area contributed by atoms with Crippen molar-refractivity contribution in [2.75, 3.05) is 31.7 Å². The number of anilines is 1. The number of aryl methyl sites for hydroxylation is 2. The van der Waals surface area contributed by atoms with Crippen molar-refractivity contribution in [3.8, 4) is 39.7 Å². The summed E-state index contributed by atoms with van der Waals surface area (Å²) in [6, 6.07) is 20.2. The number of carboxylic acid groups (broad SMARTS) is 1. The Hall–Kier alpha value is -10.6. The number of aliphatic carboxylic acids is 1. The summed E-state index contributed by atoms with van der Waals surface area (Å²) < 4.78 is 52.9. The number of benzene rings is 4. The lowest BCUT2D eigenvalue weighted by atomic mass is 9.81. The highest BCUT2D eigenvalue weighted by molar-refractivity contribution is 6.00. The second-order valence-corrected chi connectivity index (χ2v) is 29.8. The van der Waals surface area contributed by atoms with Gasteiger partial charge in [0.1, 0.15) is 54.8 Å². The number of methoxy groups -OCH3 is 1. The molecule has 31 nitrogen and oxygen atoms in total. The van der Waals surface area contributed by atoms with Gasteiger partial charge in [0.05, 0.1) is 70.8 Å². The number of carbonyl (C=O) groups is 8. The fraction of sp³-hybridized carbons (Fsp3) is 0.468. The highest BCUT2D eigenvalue weighted by Gasteiger charge is 2.49. The van der Waals surface area contributed by atoms with Gasteiger partial charge in [0.25, 0.3) is 5.56 Å². The number of alkyl carbamates (subject to hydrolysis) is 1. The summed E-state index contributed by atoms with van der Waals surface area (Å²) in [7, 11) is 3.41. The number of fused-ring (bicyclic) bond motifs is 10.